The number of amides is 2. The Kier molecular flexibility index (Phi) is 7.04. The molecule has 4 N–H and O–H groups in total. The van der Waals surface area contributed by atoms with Crippen molar-refractivity contribution in [3.05, 3.63) is 46.5 Å². The summed E-state index contributed by atoms with van der Waals surface area (Å²) in [5.41, 5.74) is 5.26. The van der Waals surface area contributed by atoms with E-state index in [4.69, 9.17) is 10.2 Å². The molecule has 16 heteroatoms. The lowest BCUT2D eigenvalue weighted by Gasteiger charge is -2.49. The molecule has 3 atom stereocenters. The number of anilines is 1. The molecule has 3 unspecified atom stereocenters. The number of nitrogens with two attached hydrogens (primary N) is 1. The number of nitrogens with one attached hydrogen (secondary N) is 1. The molecule has 2 amide bonds. The number of β-lactam (4-membered cyclic amide) rings is 1. The number of oxime groups is 1. The van der Waals surface area contributed by atoms with Gasteiger partial charge >= 0.3 is 5.97 Å². The van der Waals surface area contributed by atoms with Crippen molar-refractivity contribution in [3.63, 3.8) is 0 Å². The fourth-order valence-electron chi connectivity index (χ4n) is 3.48. The lowest BCUT2D eigenvalue weighted by atomic mass is 10.0. The first-order chi connectivity index (χ1) is 16.7. The number of thiazole rings is 1. The van der Waals surface area contributed by atoms with Crippen molar-refractivity contribution in [2.45, 2.75) is 11.4 Å². The highest BCUT2D eigenvalue weighted by atomic mass is 32.2. The van der Waals surface area contributed by atoms with Gasteiger partial charge in [-0.1, -0.05) is 16.9 Å². The molecule has 2 aromatic rings. The SMILES string of the molecule is CO/N=C(\C(=O)NC1C(=O)N2C(C(=O)O)=C(CSC(=O)c3ccco3)CS(=O)C12)c1csc(N)n1. The molecule has 184 valence electrons. The molecule has 0 saturated carbocycles. The van der Waals surface area contributed by atoms with Crippen LogP contribution in [0.5, 0.6) is 0 Å². The van der Waals surface area contributed by atoms with Crippen LogP contribution in [-0.2, 0) is 30.0 Å². The Morgan fingerprint density at radius 2 is 2.26 bits per heavy atom. The van der Waals surface area contributed by atoms with Crippen LogP contribution in [0, 0.1) is 0 Å². The van der Waals surface area contributed by atoms with E-state index in [9.17, 15) is 28.5 Å². The van der Waals surface area contributed by atoms with E-state index in [-0.39, 0.29) is 45.1 Å². The van der Waals surface area contributed by atoms with Gasteiger partial charge in [0.1, 0.15) is 29.9 Å². The van der Waals surface area contributed by atoms with E-state index in [0.29, 0.717) is 0 Å². The van der Waals surface area contributed by atoms with E-state index >= 15 is 0 Å². The summed E-state index contributed by atoms with van der Waals surface area (Å²) in [6.45, 7) is 0. The Morgan fingerprint density at radius 3 is 2.86 bits per heavy atom. The number of carboxylic acids is 1. The van der Waals surface area contributed by atoms with Crippen LogP contribution in [0.3, 0.4) is 0 Å². The molecule has 1 saturated heterocycles. The number of carbonyl (C=O) groups excluding carboxylic acids is 3. The summed E-state index contributed by atoms with van der Waals surface area (Å²) in [6.07, 6.45) is 1.33. The van der Waals surface area contributed by atoms with Crippen molar-refractivity contribution >= 4 is 67.6 Å². The lowest BCUT2D eigenvalue weighted by Crippen LogP contribution is -2.74. The molecule has 2 aliphatic heterocycles. The number of thioether (sulfide) groups is 1. The Morgan fingerprint density at radius 1 is 1.49 bits per heavy atom. The molecular weight excluding hydrogens is 522 g/mol. The van der Waals surface area contributed by atoms with Crippen molar-refractivity contribution in [3.8, 4) is 0 Å². The van der Waals surface area contributed by atoms with Gasteiger partial charge in [-0.15, -0.1) is 11.3 Å². The first-order valence-corrected chi connectivity index (χ1v) is 13.0. The van der Waals surface area contributed by atoms with Gasteiger partial charge in [0, 0.05) is 11.1 Å². The number of fused-ring (bicyclic) bond motifs is 1. The minimum Gasteiger partial charge on any atom is -0.477 e. The zero-order valence-corrected chi connectivity index (χ0v) is 20.3. The summed E-state index contributed by atoms with van der Waals surface area (Å²) in [5, 5.41) is 15.9. The molecule has 0 radical (unpaired) electrons. The molecule has 0 aliphatic carbocycles. The highest BCUT2D eigenvalue weighted by Crippen LogP contribution is 2.36. The molecule has 35 heavy (non-hydrogen) atoms. The van der Waals surface area contributed by atoms with Crippen molar-refractivity contribution in [1.82, 2.24) is 15.2 Å². The lowest BCUT2D eigenvalue weighted by molar-refractivity contribution is -0.150. The van der Waals surface area contributed by atoms with Crippen LogP contribution in [0.25, 0.3) is 0 Å². The van der Waals surface area contributed by atoms with Gasteiger partial charge < -0.3 is 25.4 Å². The molecule has 0 spiro atoms. The van der Waals surface area contributed by atoms with Gasteiger partial charge in [-0.25, -0.2) is 9.78 Å². The molecule has 13 nitrogen and oxygen atoms in total. The van der Waals surface area contributed by atoms with Crippen LogP contribution in [0.15, 0.2) is 44.6 Å². The van der Waals surface area contributed by atoms with Crippen molar-refractivity contribution in [2.75, 3.05) is 24.3 Å². The zero-order chi connectivity index (χ0) is 25.3. The number of aromatic nitrogens is 1. The third-order valence-corrected chi connectivity index (χ3v) is 8.24. The van der Waals surface area contributed by atoms with E-state index in [1.54, 1.807) is 0 Å². The summed E-state index contributed by atoms with van der Waals surface area (Å²) in [6, 6.07) is 1.74. The van der Waals surface area contributed by atoms with Crippen LogP contribution in [0.4, 0.5) is 5.13 Å². The standard InChI is InChI=1S/C19H17N5O8S3/c1-31-23-11(9-6-34-19(20)21-9)14(25)22-12-15(26)24-13(17(27)28)8(7-35(30)16(12)24)5-33-18(29)10-3-2-4-32-10/h2-4,6,12,16H,5,7H2,1H3,(H2,20,21)(H,22,25)(H,27,28)/b23-11-. The fourth-order valence-corrected chi connectivity index (χ4v) is 6.65. The predicted molar refractivity (Wildman–Crippen MR) is 126 cm³/mol. The maximum absolute atomic E-state index is 13.0. The third-order valence-electron chi connectivity index (χ3n) is 4.96. The number of furan rings is 1. The summed E-state index contributed by atoms with van der Waals surface area (Å²) >= 11 is 1.84. The van der Waals surface area contributed by atoms with Crippen molar-refractivity contribution in [2.24, 2.45) is 5.16 Å². The summed E-state index contributed by atoms with van der Waals surface area (Å²) in [7, 11) is -0.537. The smallest absolute Gasteiger partial charge is 0.352 e. The number of nitrogens with zero attached hydrogens (tertiary/aromatic N) is 3. The van der Waals surface area contributed by atoms with Gasteiger partial charge in [0.2, 0.25) is 0 Å². The summed E-state index contributed by atoms with van der Waals surface area (Å²) < 4.78 is 18.0. The van der Waals surface area contributed by atoms with Gasteiger partial charge in [0.15, 0.2) is 16.6 Å². The van der Waals surface area contributed by atoms with E-state index in [1.807, 2.05) is 0 Å². The minimum absolute atomic E-state index is 0.0838. The second-order valence-corrected chi connectivity index (χ2v) is 10.5. The van der Waals surface area contributed by atoms with Gasteiger partial charge in [0.25, 0.3) is 16.9 Å². The van der Waals surface area contributed by atoms with Crippen LogP contribution in [0.2, 0.25) is 0 Å². The molecule has 0 aromatic carbocycles. The highest BCUT2D eigenvalue weighted by Gasteiger charge is 2.57. The molecule has 2 aromatic heterocycles. The first-order valence-electron chi connectivity index (χ1n) is 9.72. The largest absolute Gasteiger partial charge is 0.477 e. The Labute approximate surface area is 207 Å². The van der Waals surface area contributed by atoms with E-state index in [1.165, 1.54) is 30.9 Å². The number of nitrogen functional groups attached to an aromatic ring is 1. The molecule has 4 rings (SSSR count). The maximum Gasteiger partial charge on any atom is 0.352 e. The molecule has 4 heterocycles. The van der Waals surface area contributed by atoms with Gasteiger partial charge in [-0.3, -0.25) is 23.5 Å². The van der Waals surface area contributed by atoms with Crippen LogP contribution < -0.4 is 11.1 Å². The van der Waals surface area contributed by atoms with Crippen LogP contribution >= 0.6 is 23.1 Å². The fraction of sp³-hybridized carbons (Fsp3) is 0.263. The average Bonchev–Trinajstić information content (AvgIpc) is 3.50. The van der Waals surface area contributed by atoms with Gasteiger partial charge in [0.05, 0.1) is 22.8 Å². The van der Waals surface area contributed by atoms with E-state index < -0.39 is 45.1 Å². The Balaban J connectivity index is 1.52. The number of hydrogen-bond acceptors (Lipinski definition) is 12. The normalized spacial score (nSPS) is 21.9. The van der Waals surface area contributed by atoms with Crippen molar-refractivity contribution in [1.29, 1.82) is 0 Å². The van der Waals surface area contributed by atoms with Crippen LogP contribution in [-0.4, -0.2) is 77.8 Å². The topological polar surface area (TPSA) is 194 Å². The first kappa shape index (κ1) is 24.6. The van der Waals surface area contributed by atoms with Gasteiger partial charge in [-0.05, 0) is 17.7 Å². The second kappa shape index (κ2) is 10.0. The molecule has 2 aliphatic rings. The quantitative estimate of drug-likeness (QED) is 0.232. The average molecular weight is 540 g/mol. The monoisotopic (exact) mass is 539 g/mol. The van der Waals surface area contributed by atoms with Crippen molar-refractivity contribution < 1.29 is 37.7 Å². The number of rotatable bonds is 8. The Hall–Kier alpha value is -3.50. The highest BCUT2D eigenvalue weighted by molar-refractivity contribution is 8.14. The molecule has 0 bridgehead atoms. The van der Waals surface area contributed by atoms with Gasteiger partial charge in [-0.2, -0.15) is 0 Å². The maximum atomic E-state index is 13.0. The number of hydrogen-bond donors (Lipinski definition) is 3. The number of carbonyl (C=O) groups is 4. The number of carboxylic acid groups (broad SMARTS) is 1. The minimum atomic E-state index is -1.76. The zero-order valence-electron chi connectivity index (χ0n) is 17.8. The van der Waals surface area contributed by atoms with E-state index in [0.717, 1.165) is 28.0 Å². The van der Waals surface area contributed by atoms with Crippen LogP contribution in [0.1, 0.15) is 16.2 Å². The molecular formula is C19H17N5O8S3. The second-order valence-electron chi connectivity index (χ2n) is 7.08. The predicted octanol–water partition coefficient (Wildman–Crippen LogP) is -0.00350. The third kappa shape index (κ3) is 4.71. The number of aliphatic carboxylic acids is 1. The van der Waals surface area contributed by atoms with E-state index in [2.05, 4.69) is 20.3 Å². The summed E-state index contributed by atoms with van der Waals surface area (Å²) in [5.74, 6) is -3.22. The Bertz CT molecular complexity index is 1290. The molecule has 1 fully saturated rings. The summed E-state index contributed by atoms with van der Waals surface area (Å²) in [4.78, 5) is 59.4.